The molecule has 0 aromatic heterocycles. The van der Waals surface area contributed by atoms with Crippen LogP contribution in [-0.2, 0) is 11.2 Å². The Morgan fingerprint density at radius 1 is 1.20 bits per heavy atom. The van der Waals surface area contributed by atoms with Gasteiger partial charge < -0.3 is 0 Å². The van der Waals surface area contributed by atoms with Crippen molar-refractivity contribution < 1.29 is 14.0 Å². The number of hydrogen-bond acceptors (Lipinski definition) is 3. The molecule has 2 aromatic carbocycles. The number of halogens is 1. The molecule has 0 spiro atoms. The molecule has 0 saturated heterocycles. The van der Waals surface area contributed by atoms with Crippen molar-refractivity contribution >= 4 is 17.6 Å². The zero-order valence-electron chi connectivity index (χ0n) is 10.9. The minimum absolute atomic E-state index is 0.130. The molecule has 4 heteroatoms. The Morgan fingerprint density at radius 2 is 1.90 bits per heavy atom. The predicted molar refractivity (Wildman–Crippen MR) is 73.4 cm³/mol. The summed E-state index contributed by atoms with van der Waals surface area (Å²) >= 11 is 0. The fourth-order valence-corrected chi connectivity index (χ4v) is 1.96. The molecule has 3 nitrogen and oxygen atoms in total. The van der Waals surface area contributed by atoms with Gasteiger partial charge in [-0.15, -0.1) is 0 Å². The van der Waals surface area contributed by atoms with Gasteiger partial charge in [0.15, 0.2) is 5.78 Å². The second-order valence-corrected chi connectivity index (χ2v) is 4.40. The number of aliphatic imine (C=N–C) groups is 1. The van der Waals surface area contributed by atoms with Crippen LogP contribution in [0.15, 0.2) is 47.5 Å². The molecule has 0 unspecified atom stereocenters. The first-order valence-corrected chi connectivity index (χ1v) is 6.07. The quantitative estimate of drug-likeness (QED) is 0.484. The van der Waals surface area contributed by atoms with E-state index in [0.717, 1.165) is 5.56 Å². The average molecular weight is 269 g/mol. The summed E-state index contributed by atoms with van der Waals surface area (Å²) in [6.07, 6.45) is 1.59. The van der Waals surface area contributed by atoms with E-state index in [2.05, 4.69) is 4.99 Å². The number of carbonyl (C=O) groups is 1. The Labute approximate surface area is 115 Å². The number of rotatable bonds is 4. The molecule has 0 radical (unpaired) electrons. The van der Waals surface area contributed by atoms with Crippen LogP contribution in [0.3, 0.4) is 0 Å². The normalized spacial score (nSPS) is 9.90. The second-order valence-electron chi connectivity index (χ2n) is 4.40. The van der Waals surface area contributed by atoms with Gasteiger partial charge in [-0.25, -0.2) is 9.18 Å². The van der Waals surface area contributed by atoms with Crippen LogP contribution in [0.1, 0.15) is 21.5 Å². The van der Waals surface area contributed by atoms with E-state index in [9.17, 15) is 14.0 Å². The largest absolute Gasteiger partial charge is 0.294 e. The Bertz CT molecular complexity index is 686. The average Bonchev–Trinajstić information content (AvgIpc) is 2.43. The van der Waals surface area contributed by atoms with Gasteiger partial charge >= 0.3 is 0 Å². The lowest BCUT2D eigenvalue weighted by Gasteiger charge is -2.06. The van der Waals surface area contributed by atoms with Gasteiger partial charge in [0.2, 0.25) is 6.08 Å². The molecule has 0 aliphatic carbocycles. The van der Waals surface area contributed by atoms with E-state index in [-0.39, 0.29) is 18.0 Å². The summed E-state index contributed by atoms with van der Waals surface area (Å²) < 4.78 is 12.8. The Hall–Kier alpha value is -2.58. The Morgan fingerprint density at radius 3 is 2.55 bits per heavy atom. The number of isocyanates is 1. The van der Waals surface area contributed by atoms with Crippen molar-refractivity contribution in [1.82, 2.24) is 0 Å². The van der Waals surface area contributed by atoms with Gasteiger partial charge in [-0.1, -0.05) is 24.3 Å². The van der Waals surface area contributed by atoms with Crippen LogP contribution >= 0.6 is 0 Å². The van der Waals surface area contributed by atoms with Gasteiger partial charge in [-0.2, -0.15) is 4.99 Å². The second kappa shape index (κ2) is 6.04. The van der Waals surface area contributed by atoms with Crippen molar-refractivity contribution in [2.75, 3.05) is 0 Å². The summed E-state index contributed by atoms with van der Waals surface area (Å²) in [6, 6.07) is 10.9. The van der Waals surface area contributed by atoms with Gasteiger partial charge in [0.05, 0.1) is 5.69 Å². The van der Waals surface area contributed by atoms with Crippen molar-refractivity contribution in [1.29, 1.82) is 0 Å². The number of nitrogens with zero attached hydrogens (tertiary/aromatic N) is 1. The van der Waals surface area contributed by atoms with Crippen molar-refractivity contribution in [3.8, 4) is 0 Å². The van der Waals surface area contributed by atoms with Crippen LogP contribution in [0.25, 0.3) is 0 Å². The van der Waals surface area contributed by atoms with E-state index in [1.165, 1.54) is 18.2 Å². The molecule has 0 aliphatic heterocycles. The molecule has 0 bridgehead atoms. The predicted octanol–water partition coefficient (Wildman–Crippen LogP) is 3.53. The fraction of sp³-hybridized carbons (Fsp3) is 0.125. The first-order valence-electron chi connectivity index (χ1n) is 6.07. The van der Waals surface area contributed by atoms with Crippen LogP contribution in [-0.4, -0.2) is 11.9 Å². The molecule has 100 valence electrons. The highest BCUT2D eigenvalue weighted by atomic mass is 19.1. The number of aryl methyl sites for hydroxylation is 1. The molecule has 0 atom stereocenters. The monoisotopic (exact) mass is 269 g/mol. The number of Topliss-reactive ketones (excluding diaryl/α,β-unsaturated/α-hetero) is 1. The zero-order valence-corrected chi connectivity index (χ0v) is 10.9. The molecule has 20 heavy (non-hydrogen) atoms. The lowest BCUT2D eigenvalue weighted by Crippen LogP contribution is -2.04. The van der Waals surface area contributed by atoms with E-state index in [4.69, 9.17) is 0 Å². The van der Waals surface area contributed by atoms with Crippen LogP contribution in [0, 0.1) is 12.7 Å². The van der Waals surface area contributed by atoms with Crippen LogP contribution in [0.5, 0.6) is 0 Å². The molecule has 2 rings (SSSR count). The lowest BCUT2D eigenvalue weighted by atomic mass is 9.99. The van der Waals surface area contributed by atoms with Gasteiger partial charge in [0, 0.05) is 12.0 Å². The third-order valence-electron chi connectivity index (χ3n) is 2.97. The van der Waals surface area contributed by atoms with Gasteiger partial charge in [0.1, 0.15) is 5.82 Å². The van der Waals surface area contributed by atoms with E-state index < -0.39 is 0 Å². The van der Waals surface area contributed by atoms with Crippen molar-refractivity contribution in [2.45, 2.75) is 13.3 Å². The van der Waals surface area contributed by atoms with Gasteiger partial charge in [-0.05, 0) is 36.2 Å². The lowest BCUT2D eigenvalue weighted by molar-refractivity contribution is 0.0993. The Balaban J connectivity index is 2.32. The first kappa shape index (κ1) is 13.8. The summed E-state index contributed by atoms with van der Waals surface area (Å²) in [6.45, 7) is 1.77. The third kappa shape index (κ3) is 3.05. The van der Waals surface area contributed by atoms with E-state index >= 15 is 0 Å². The summed E-state index contributed by atoms with van der Waals surface area (Å²) in [5, 5.41) is 0. The highest BCUT2D eigenvalue weighted by Crippen LogP contribution is 2.24. The SMILES string of the molecule is Cc1cccc(C(=O)Cc2ccc(F)cc2)c1N=C=O. The van der Waals surface area contributed by atoms with Crippen molar-refractivity contribution in [3.63, 3.8) is 0 Å². The van der Waals surface area contributed by atoms with Crippen LogP contribution in [0.4, 0.5) is 10.1 Å². The van der Waals surface area contributed by atoms with E-state index in [0.29, 0.717) is 16.8 Å². The van der Waals surface area contributed by atoms with Crippen LogP contribution in [0.2, 0.25) is 0 Å². The number of para-hydroxylation sites is 1. The zero-order chi connectivity index (χ0) is 14.5. The number of benzene rings is 2. The molecular formula is C16H12FNO2. The smallest absolute Gasteiger partial charge is 0.240 e. The van der Waals surface area contributed by atoms with Crippen molar-refractivity contribution in [2.24, 2.45) is 4.99 Å². The van der Waals surface area contributed by atoms with Gasteiger partial charge in [-0.3, -0.25) is 4.79 Å². The van der Waals surface area contributed by atoms with E-state index in [1.807, 2.05) is 0 Å². The van der Waals surface area contributed by atoms with E-state index in [1.54, 1.807) is 37.3 Å². The third-order valence-corrected chi connectivity index (χ3v) is 2.97. The Kier molecular flexibility index (Phi) is 4.18. The highest BCUT2D eigenvalue weighted by Gasteiger charge is 2.13. The molecular weight excluding hydrogens is 257 g/mol. The molecule has 0 N–H and O–H groups in total. The fourth-order valence-electron chi connectivity index (χ4n) is 1.96. The number of carbonyl (C=O) groups excluding carboxylic acids is 2. The summed E-state index contributed by atoms with van der Waals surface area (Å²) in [5.41, 5.74) is 2.16. The molecule has 2 aromatic rings. The summed E-state index contributed by atoms with van der Waals surface area (Å²) in [7, 11) is 0. The summed E-state index contributed by atoms with van der Waals surface area (Å²) in [4.78, 5) is 26.3. The van der Waals surface area contributed by atoms with Crippen LogP contribution < -0.4 is 0 Å². The van der Waals surface area contributed by atoms with Gasteiger partial charge in [0.25, 0.3) is 0 Å². The maximum Gasteiger partial charge on any atom is 0.240 e. The minimum Gasteiger partial charge on any atom is -0.294 e. The number of hydrogen-bond donors (Lipinski definition) is 0. The molecule has 0 saturated carbocycles. The topological polar surface area (TPSA) is 46.5 Å². The highest BCUT2D eigenvalue weighted by molar-refractivity contribution is 6.02. The number of ketones is 1. The standard InChI is InChI=1S/C16H12FNO2/c1-11-3-2-4-14(16(11)18-10-19)15(20)9-12-5-7-13(17)8-6-12/h2-8H,9H2,1H3. The molecule has 0 heterocycles. The van der Waals surface area contributed by atoms with Crippen molar-refractivity contribution in [3.05, 3.63) is 65.0 Å². The maximum atomic E-state index is 12.8. The summed E-state index contributed by atoms with van der Waals surface area (Å²) in [5.74, 6) is -0.516. The molecule has 0 amide bonds. The first-order chi connectivity index (χ1) is 9.61. The molecule has 0 aliphatic rings. The minimum atomic E-state index is -0.344. The molecule has 0 fully saturated rings. The maximum absolute atomic E-state index is 12.8.